The third kappa shape index (κ3) is 4.28. The van der Waals surface area contributed by atoms with Crippen LogP contribution in [0.25, 0.3) is 22.3 Å². The van der Waals surface area contributed by atoms with Gasteiger partial charge in [0, 0.05) is 5.56 Å². The summed E-state index contributed by atoms with van der Waals surface area (Å²) >= 11 is 0. The molecule has 31 heavy (non-hydrogen) atoms. The summed E-state index contributed by atoms with van der Waals surface area (Å²) in [7, 11) is 0. The number of primary amides is 1. The maximum atomic E-state index is 13.6. The molecule has 2 aromatic heterocycles. The second-order valence-electron chi connectivity index (χ2n) is 7.04. The molecule has 0 aliphatic carbocycles. The van der Waals surface area contributed by atoms with Crippen LogP contribution < -0.4 is 5.73 Å². The van der Waals surface area contributed by atoms with Crippen molar-refractivity contribution in [1.29, 1.82) is 0 Å². The van der Waals surface area contributed by atoms with Gasteiger partial charge >= 0.3 is 5.97 Å². The van der Waals surface area contributed by atoms with E-state index in [1.807, 2.05) is 30.3 Å². The van der Waals surface area contributed by atoms with Crippen LogP contribution in [0.2, 0.25) is 0 Å². The molecule has 2 aromatic carbocycles. The van der Waals surface area contributed by atoms with Crippen molar-refractivity contribution in [3.05, 3.63) is 83.8 Å². The number of fused-ring (bicyclic) bond motifs is 1. The molecule has 0 fully saturated rings. The third-order valence-corrected chi connectivity index (χ3v) is 4.80. The smallest absolute Gasteiger partial charge is 0.339 e. The zero-order chi connectivity index (χ0) is 22.0. The van der Waals surface area contributed by atoms with Crippen LogP contribution in [0.1, 0.15) is 22.8 Å². The van der Waals surface area contributed by atoms with Crippen LogP contribution in [0.4, 0.5) is 4.39 Å². The number of carbonyl (C=O) groups is 2. The highest BCUT2D eigenvalue weighted by molar-refractivity contribution is 6.04. The predicted octanol–water partition coefficient (Wildman–Crippen LogP) is 3.32. The minimum absolute atomic E-state index is 0.211. The topological polar surface area (TPSA) is 100 Å². The number of amides is 1. The molecule has 0 radical (unpaired) electrons. The summed E-state index contributed by atoms with van der Waals surface area (Å²) in [6.07, 6.45) is 0.417. The van der Waals surface area contributed by atoms with Crippen molar-refractivity contribution < 1.29 is 18.7 Å². The minimum Gasteiger partial charge on any atom is -0.449 e. The summed E-state index contributed by atoms with van der Waals surface area (Å²) in [5, 5.41) is 4.80. The molecule has 2 heterocycles. The van der Waals surface area contributed by atoms with E-state index in [-0.39, 0.29) is 17.9 Å². The number of esters is 1. The summed E-state index contributed by atoms with van der Waals surface area (Å²) in [5.41, 5.74) is 7.89. The van der Waals surface area contributed by atoms with E-state index in [2.05, 4.69) is 10.1 Å². The van der Waals surface area contributed by atoms with Gasteiger partial charge < -0.3 is 10.5 Å². The Morgan fingerprint density at radius 3 is 2.61 bits per heavy atom. The molecule has 156 valence electrons. The van der Waals surface area contributed by atoms with Crippen molar-refractivity contribution in [2.75, 3.05) is 0 Å². The van der Waals surface area contributed by atoms with Gasteiger partial charge in [-0.15, -0.1) is 0 Å². The fourth-order valence-corrected chi connectivity index (χ4v) is 3.18. The number of hydrogen-bond donors (Lipinski definition) is 1. The van der Waals surface area contributed by atoms with Crippen molar-refractivity contribution in [3.63, 3.8) is 0 Å². The van der Waals surface area contributed by atoms with Gasteiger partial charge in [0.25, 0.3) is 5.91 Å². The molecule has 2 N–H and O–H groups in total. The molecule has 4 aromatic rings. The lowest BCUT2D eigenvalue weighted by molar-refractivity contribution is -0.125. The number of ether oxygens (including phenoxy) is 1. The van der Waals surface area contributed by atoms with E-state index in [0.717, 1.165) is 5.56 Å². The van der Waals surface area contributed by atoms with Crippen LogP contribution >= 0.6 is 0 Å². The number of pyridine rings is 1. The Kier molecular flexibility index (Phi) is 5.44. The summed E-state index contributed by atoms with van der Waals surface area (Å²) in [6, 6.07) is 17.1. The number of aromatic nitrogens is 3. The van der Waals surface area contributed by atoms with E-state index < -0.39 is 18.0 Å². The monoisotopic (exact) mass is 418 g/mol. The predicted molar refractivity (Wildman–Crippen MR) is 113 cm³/mol. The van der Waals surface area contributed by atoms with Crippen LogP contribution in [0.15, 0.2) is 66.9 Å². The highest BCUT2D eigenvalue weighted by Gasteiger charge is 2.22. The molecule has 8 heteroatoms. The number of rotatable bonds is 6. The second-order valence-corrected chi connectivity index (χ2v) is 7.04. The van der Waals surface area contributed by atoms with E-state index in [1.54, 1.807) is 22.9 Å². The largest absolute Gasteiger partial charge is 0.449 e. The summed E-state index contributed by atoms with van der Waals surface area (Å²) in [6.45, 7) is 1.67. The molecule has 1 atom stereocenters. The van der Waals surface area contributed by atoms with E-state index in [4.69, 9.17) is 10.5 Å². The lowest BCUT2D eigenvalue weighted by Gasteiger charge is -2.12. The van der Waals surface area contributed by atoms with Gasteiger partial charge in [-0.3, -0.25) is 4.79 Å². The van der Waals surface area contributed by atoms with E-state index >= 15 is 0 Å². The fourth-order valence-electron chi connectivity index (χ4n) is 3.18. The first-order valence-electron chi connectivity index (χ1n) is 9.59. The number of nitrogens with two attached hydrogens (primary N) is 1. The maximum absolute atomic E-state index is 13.6. The first-order chi connectivity index (χ1) is 14.9. The molecule has 0 spiro atoms. The molecule has 1 amide bonds. The molecule has 0 saturated heterocycles. The SMILES string of the molecule is C[C@@H](OC(=O)c1cc(-c2ccccc2)nc2c1cnn2Cc1cccc(F)c1)C(N)=O. The molecular formula is C23H19FN4O3. The van der Waals surface area contributed by atoms with Crippen LogP contribution in [0.5, 0.6) is 0 Å². The van der Waals surface area contributed by atoms with Gasteiger partial charge in [-0.25, -0.2) is 18.9 Å². The maximum Gasteiger partial charge on any atom is 0.339 e. The Morgan fingerprint density at radius 1 is 1.13 bits per heavy atom. The molecule has 0 saturated carbocycles. The molecule has 7 nitrogen and oxygen atoms in total. The van der Waals surface area contributed by atoms with E-state index in [0.29, 0.717) is 22.3 Å². The van der Waals surface area contributed by atoms with E-state index in [9.17, 15) is 14.0 Å². The van der Waals surface area contributed by atoms with Crippen LogP contribution in [-0.4, -0.2) is 32.7 Å². The van der Waals surface area contributed by atoms with Gasteiger partial charge in [0.1, 0.15) is 5.82 Å². The van der Waals surface area contributed by atoms with Crippen LogP contribution in [0.3, 0.4) is 0 Å². The van der Waals surface area contributed by atoms with Gasteiger partial charge in [0.2, 0.25) is 0 Å². The Hall–Kier alpha value is -4.07. The lowest BCUT2D eigenvalue weighted by atomic mass is 10.1. The van der Waals surface area contributed by atoms with Crippen molar-refractivity contribution >= 4 is 22.9 Å². The second kappa shape index (κ2) is 8.35. The van der Waals surface area contributed by atoms with Gasteiger partial charge in [-0.1, -0.05) is 42.5 Å². The molecule has 4 rings (SSSR count). The number of carbonyl (C=O) groups excluding carboxylic acids is 2. The van der Waals surface area contributed by atoms with Crippen molar-refractivity contribution in [2.24, 2.45) is 5.73 Å². The highest BCUT2D eigenvalue weighted by atomic mass is 19.1. The average molecular weight is 418 g/mol. The molecular weight excluding hydrogens is 399 g/mol. The summed E-state index contributed by atoms with van der Waals surface area (Å²) in [5.74, 6) is -1.80. The first-order valence-corrected chi connectivity index (χ1v) is 9.59. The molecule has 0 unspecified atom stereocenters. The average Bonchev–Trinajstić information content (AvgIpc) is 3.16. The van der Waals surface area contributed by atoms with Gasteiger partial charge in [-0.05, 0) is 30.7 Å². The van der Waals surface area contributed by atoms with Crippen LogP contribution in [0, 0.1) is 5.82 Å². The summed E-state index contributed by atoms with van der Waals surface area (Å²) in [4.78, 5) is 28.9. The van der Waals surface area contributed by atoms with Crippen LogP contribution in [-0.2, 0) is 16.1 Å². The summed E-state index contributed by atoms with van der Waals surface area (Å²) < 4.78 is 20.4. The Balaban J connectivity index is 1.83. The third-order valence-electron chi connectivity index (χ3n) is 4.80. The Bertz CT molecular complexity index is 1270. The zero-order valence-electron chi connectivity index (χ0n) is 16.7. The van der Waals surface area contributed by atoms with E-state index in [1.165, 1.54) is 25.3 Å². The quantitative estimate of drug-likeness (QED) is 0.484. The standard InChI is InChI=1S/C23H19FN4O3/c1-14(21(25)29)31-23(30)18-11-20(16-7-3-2-4-8-16)27-22-19(18)12-26-28(22)13-15-6-5-9-17(24)10-15/h2-12,14H,13H2,1H3,(H2,25,29)/t14-/m1/s1. The fraction of sp³-hybridized carbons (Fsp3) is 0.130. The normalized spacial score (nSPS) is 11.9. The van der Waals surface area contributed by atoms with Crippen molar-refractivity contribution in [2.45, 2.75) is 19.6 Å². The highest BCUT2D eigenvalue weighted by Crippen LogP contribution is 2.26. The number of benzene rings is 2. The van der Waals surface area contributed by atoms with Gasteiger partial charge in [0.15, 0.2) is 11.8 Å². The number of hydrogen-bond acceptors (Lipinski definition) is 5. The minimum atomic E-state index is -1.08. The molecule has 0 aliphatic heterocycles. The van der Waals surface area contributed by atoms with Crippen molar-refractivity contribution in [3.8, 4) is 11.3 Å². The Morgan fingerprint density at radius 2 is 1.90 bits per heavy atom. The Labute approximate surface area is 177 Å². The van der Waals surface area contributed by atoms with Gasteiger partial charge in [-0.2, -0.15) is 5.10 Å². The lowest BCUT2D eigenvalue weighted by Crippen LogP contribution is -2.30. The van der Waals surface area contributed by atoms with Crippen molar-refractivity contribution in [1.82, 2.24) is 14.8 Å². The molecule has 0 bridgehead atoms. The zero-order valence-corrected chi connectivity index (χ0v) is 16.7. The number of nitrogens with zero attached hydrogens (tertiary/aromatic N) is 3. The molecule has 0 aliphatic rings. The van der Waals surface area contributed by atoms with Gasteiger partial charge in [0.05, 0.1) is 29.4 Å². The number of halogens is 1. The first kappa shape index (κ1) is 20.2.